The van der Waals surface area contributed by atoms with Crippen molar-refractivity contribution in [3.05, 3.63) is 59.3 Å². The summed E-state index contributed by atoms with van der Waals surface area (Å²) in [5.74, 6) is 0. The summed E-state index contributed by atoms with van der Waals surface area (Å²) in [5.41, 5.74) is 6.43. The molecule has 118 valence electrons. The third-order valence-corrected chi connectivity index (χ3v) is 3.93. The van der Waals surface area contributed by atoms with Gasteiger partial charge in [0.05, 0.1) is 0 Å². The predicted molar refractivity (Wildman–Crippen MR) is 98.5 cm³/mol. The van der Waals surface area contributed by atoms with Crippen LogP contribution in [0.25, 0.3) is 0 Å². The molecule has 0 heteroatoms. The maximum absolute atomic E-state index is 4.14. The van der Waals surface area contributed by atoms with Crippen LogP contribution in [0.15, 0.2) is 59.3 Å². The molecule has 0 aliphatic rings. The van der Waals surface area contributed by atoms with Crippen LogP contribution in [0.5, 0.6) is 0 Å². The third kappa shape index (κ3) is 5.91. The van der Waals surface area contributed by atoms with Crippen LogP contribution in [0, 0.1) is 10.8 Å². The lowest BCUT2D eigenvalue weighted by atomic mass is 9.74. The van der Waals surface area contributed by atoms with Crippen molar-refractivity contribution < 1.29 is 0 Å². The topological polar surface area (TPSA) is 0 Å². The van der Waals surface area contributed by atoms with Gasteiger partial charge in [0, 0.05) is 5.41 Å². The van der Waals surface area contributed by atoms with Crippen LogP contribution in [0.3, 0.4) is 0 Å². The Morgan fingerprint density at radius 2 is 1.29 bits per heavy atom. The molecular formula is C21H34. The maximum Gasteiger partial charge on any atom is 0.00809 e. The first-order valence-corrected chi connectivity index (χ1v) is 7.71. The van der Waals surface area contributed by atoms with Gasteiger partial charge >= 0.3 is 0 Å². The maximum atomic E-state index is 4.14. The van der Waals surface area contributed by atoms with E-state index in [0.717, 1.165) is 5.57 Å². The van der Waals surface area contributed by atoms with E-state index >= 15 is 0 Å². The van der Waals surface area contributed by atoms with Gasteiger partial charge in [-0.3, -0.25) is 0 Å². The second-order valence-corrected chi connectivity index (χ2v) is 7.71. The lowest BCUT2D eigenvalue weighted by Crippen LogP contribution is -2.17. The van der Waals surface area contributed by atoms with Crippen molar-refractivity contribution in [3.8, 4) is 0 Å². The highest BCUT2D eigenvalue weighted by atomic mass is 14.3. The predicted octanol–water partition coefficient (Wildman–Crippen LogP) is 7.03. The largest absolute Gasteiger partial charge is 0.0988 e. The summed E-state index contributed by atoms with van der Waals surface area (Å²) < 4.78 is 0. The fourth-order valence-electron chi connectivity index (χ4n) is 2.35. The SMILES string of the molecule is C=CC(C)=C(C)C(=C(C)C(=C)C)C(C)(C)C=CC(C)(C)C. The van der Waals surface area contributed by atoms with E-state index in [1.54, 1.807) is 0 Å². The minimum Gasteiger partial charge on any atom is -0.0988 e. The fourth-order valence-corrected chi connectivity index (χ4v) is 2.35. The molecule has 0 unspecified atom stereocenters. The van der Waals surface area contributed by atoms with Gasteiger partial charge in [-0.05, 0) is 55.4 Å². The van der Waals surface area contributed by atoms with E-state index < -0.39 is 0 Å². The summed E-state index contributed by atoms with van der Waals surface area (Å²) in [6.45, 7) is 27.8. The zero-order valence-electron chi connectivity index (χ0n) is 15.6. The molecule has 0 aliphatic heterocycles. The van der Waals surface area contributed by atoms with E-state index in [0.29, 0.717) is 0 Å². The number of hydrogen-bond donors (Lipinski definition) is 0. The number of hydrogen-bond acceptors (Lipinski definition) is 0. The Kier molecular flexibility index (Phi) is 6.67. The Labute approximate surface area is 133 Å². The van der Waals surface area contributed by atoms with Crippen molar-refractivity contribution in [2.45, 2.75) is 62.3 Å². The molecule has 0 nitrogen and oxygen atoms in total. The molecule has 0 radical (unpaired) electrons. The smallest absolute Gasteiger partial charge is 0.00809 e. The lowest BCUT2D eigenvalue weighted by Gasteiger charge is -2.30. The minimum absolute atomic E-state index is 0.0370. The highest BCUT2D eigenvalue weighted by molar-refractivity contribution is 5.49. The van der Waals surface area contributed by atoms with Gasteiger partial charge in [0.1, 0.15) is 0 Å². The standard InChI is InChI=1S/C21H34/c1-12-16(4)18(6)19(17(5)15(2)3)21(10,11)14-13-20(7,8)9/h12-14H,1-2H2,3-11H3. The lowest BCUT2D eigenvalue weighted by molar-refractivity contribution is 0.517. The molecular weight excluding hydrogens is 252 g/mol. The van der Waals surface area contributed by atoms with Crippen molar-refractivity contribution in [3.63, 3.8) is 0 Å². The minimum atomic E-state index is -0.0370. The summed E-state index contributed by atoms with van der Waals surface area (Å²) in [6.07, 6.45) is 6.56. The first-order valence-electron chi connectivity index (χ1n) is 7.71. The highest BCUT2D eigenvalue weighted by Crippen LogP contribution is 2.39. The molecule has 0 fully saturated rings. The van der Waals surface area contributed by atoms with E-state index in [-0.39, 0.29) is 10.8 Å². The second kappa shape index (κ2) is 7.11. The van der Waals surface area contributed by atoms with E-state index in [2.05, 4.69) is 87.6 Å². The quantitative estimate of drug-likeness (QED) is 0.376. The Morgan fingerprint density at radius 3 is 1.62 bits per heavy atom. The van der Waals surface area contributed by atoms with Gasteiger partial charge < -0.3 is 0 Å². The zero-order valence-corrected chi connectivity index (χ0v) is 15.6. The fraction of sp³-hybridized carbons (Fsp3) is 0.524. The van der Waals surface area contributed by atoms with Crippen molar-refractivity contribution in [1.29, 1.82) is 0 Å². The Bertz CT molecular complexity index is 497. The first-order chi connectivity index (χ1) is 9.33. The molecule has 0 saturated heterocycles. The molecule has 21 heavy (non-hydrogen) atoms. The highest BCUT2D eigenvalue weighted by Gasteiger charge is 2.25. The van der Waals surface area contributed by atoms with Gasteiger partial charge in [-0.2, -0.15) is 0 Å². The zero-order chi connectivity index (χ0) is 17.0. The van der Waals surface area contributed by atoms with E-state index in [1.807, 2.05) is 6.08 Å². The molecule has 0 aromatic heterocycles. The second-order valence-electron chi connectivity index (χ2n) is 7.71. The average molecular weight is 287 g/mol. The molecule has 0 aliphatic carbocycles. The molecule has 0 bridgehead atoms. The summed E-state index contributed by atoms with van der Waals surface area (Å²) in [5, 5.41) is 0. The van der Waals surface area contributed by atoms with Crippen LogP contribution >= 0.6 is 0 Å². The normalized spacial score (nSPS) is 15.7. The van der Waals surface area contributed by atoms with Crippen LogP contribution in [0.1, 0.15) is 62.3 Å². The van der Waals surface area contributed by atoms with Crippen LogP contribution in [0.4, 0.5) is 0 Å². The van der Waals surface area contributed by atoms with Crippen LogP contribution in [-0.2, 0) is 0 Å². The van der Waals surface area contributed by atoms with E-state index in [9.17, 15) is 0 Å². The van der Waals surface area contributed by atoms with Crippen LogP contribution < -0.4 is 0 Å². The van der Waals surface area contributed by atoms with Gasteiger partial charge in [0.15, 0.2) is 0 Å². The average Bonchev–Trinajstić information content (AvgIpc) is 2.34. The van der Waals surface area contributed by atoms with Gasteiger partial charge in [-0.1, -0.05) is 71.6 Å². The molecule has 0 heterocycles. The molecule has 0 amide bonds. The molecule has 0 rings (SSSR count). The van der Waals surface area contributed by atoms with Crippen LogP contribution in [-0.4, -0.2) is 0 Å². The molecule has 0 atom stereocenters. The summed E-state index contributed by atoms with van der Waals surface area (Å²) in [6, 6.07) is 0. The van der Waals surface area contributed by atoms with Crippen molar-refractivity contribution >= 4 is 0 Å². The van der Waals surface area contributed by atoms with Crippen molar-refractivity contribution in [1.82, 2.24) is 0 Å². The molecule has 0 N–H and O–H groups in total. The molecule has 0 aromatic rings. The van der Waals surface area contributed by atoms with Crippen molar-refractivity contribution in [2.24, 2.45) is 10.8 Å². The molecule has 0 aromatic carbocycles. The van der Waals surface area contributed by atoms with Gasteiger partial charge in [0.25, 0.3) is 0 Å². The Morgan fingerprint density at radius 1 is 0.810 bits per heavy atom. The van der Waals surface area contributed by atoms with Gasteiger partial charge in [-0.25, -0.2) is 0 Å². The summed E-state index contributed by atoms with van der Waals surface area (Å²) in [7, 11) is 0. The number of allylic oxidation sites excluding steroid dienone is 8. The van der Waals surface area contributed by atoms with Crippen molar-refractivity contribution in [2.75, 3.05) is 0 Å². The Balaban J connectivity index is 6.21. The summed E-state index contributed by atoms with van der Waals surface area (Å²) in [4.78, 5) is 0. The third-order valence-electron chi connectivity index (χ3n) is 3.93. The van der Waals surface area contributed by atoms with E-state index in [4.69, 9.17) is 0 Å². The molecule has 0 saturated carbocycles. The Hall–Kier alpha value is -1.30. The van der Waals surface area contributed by atoms with Gasteiger partial charge in [-0.15, -0.1) is 0 Å². The summed E-state index contributed by atoms with van der Waals surface area (Å²) >= 11 is 0. The first kappa shape index (κ1) is 19.7. The van der Waals surface area contributed by atoms with E-state index in [1.165, 1.54) is 22.3 Å². The van der Waals surface area contributed by atoms with Gasteiger partial charge in [0.2, 0.25) is 0 Å². The molecule has 0 spiro atoms. The van der Waals surface area contributed by atoms with Crippen LogP contribution in [0.2, 0.25) is 0 Å². The number of rotatable bonds is 5. The monoisotopic (exact) mass is 286 g/mol.